The van der Waals surface area contributed by atoms with Gasteiger partial charge in [0, 0.05) is 13.2 Å². The SMILES string of the molecule is CC1(F)CC(CN)(C2CCOCC2)C1. The van der Waals surface area contributed by atoms with E-state index in [1.165, 1.54) is 0 Å². The Morgan fingerprint density at radius 1 is 1.36 bits per heavy atom. The Kier molecular flexibility index (Phi) is 2.56. The largest absolute Gasteiger partial charge is 0.381 e. The molecule has 1 aliphatic carbocycles. The van der Waals surface area contributed by atoms with Gasteiger partial charge in [0.2, 0.25) is 0 Å². The Balaban J connectivity index is 1.99. The lowest BCUT2D eigenvalue weighted by Crippen LogP contribution is -2.56. The van der Waals surface area contributed by atoms with E-state index in [4.69, 9.17) is 10.5 Å². The van der Waals surface area contributed by atoms with Crippen molar-refractivity contribution in [2.45, 2.75) is 38.3 Å². The lowest BCUT2D eigenvalue weighted by Gasteiger charge is -2.55. The van der Waals surface area contributed by atoms with Crippen molar-refractivity contribution in [2.75, 3.05) is 19.8 Å². The van der Waals surface area contributed by atoms with E-state index in [0.717, 1.165) is 26.1 Å². The van der Waals surface area contributed by atoms with Gasteiger partial charge in [0.1, 0.15) is 5.67 Å². The van der Waals surface area contributed by atoms with Gasteiger partial charge in [-0.1, -0.05) is 0 Å². The number of alkyl halides is 1. The first-order chi connectivity index (χ1) is 6.58. The van der Waals surface area contributed by atoms with Crippen molar-refractivity contribution < 1.29 is 9.13 Å². The van der Waals surface area contributed by atoms with E-state index in [9.17, 15) is 4.39 Å². The molecule has 0 spiro atoms. The van der Waals surface area contributed by atoms with Gasteiger partial charge in [-0.3, -0.25) is 0 Å². The fourth-order valence-corrected chi connectivity index (χ4v) is 3.33. The van der Waals surface area contributed by atoms with Gasteiger partial charge in [-0.15, -0.1) is 0 Å². The first-order valence-electron chi connectivity index (χ1n) is 5.55. The van der Waals surface area contributed by atoms with Crippen molar-refractivity contribution in [2.24, 2.45) is 17.1 Å². The van der Waals surface area contributed by atoms with Gasteiger partial charge < -0.3 is 10.5 Å². The van der Waals surface area contributed by atoms with Crippen LogP contribution in [-0.2, 0) is 4.74 Å². The summed E-state index contributed by atoms with van der Waals surface area (Å²) in [4.78, 5) is 0. The topological polar surface area (TPSA) is 35.2 Å². The molecule has 1 aliphatic heterocycles. The Hall–Kier alpha value is -0.150. The number of halogens is 1. The van der Waals surface area contributed by atoms with Crippen LogP contribution in [0.1, 0.15) is 32.6 Å². The summed E-state index contributed by atoms with van der Waals surface area (Å²) in [6.07, 6.45) is 3.43. The second-order valence-corrected chi connectivity index (χ2v) is 5.22. The fourth-order valence-electron chi connectivity index (χ4n) is 3.33. The molecule has 2 rings (SSSR count). The van der Waals surface area contributed by atoms with Crippen LogP contribution < -0.4 is 5.73 Å². The summed E-state index contributed by atoms with van der Waals surface area (Å²) in [7, 11) is 0. The van der Waals surface area contributed by atoms with Gasteiger partial charge in [-0.25, -0.2) is 4.39 Å². The number of rotatable bonds is 2. The molecule has 2 N–H and O–H groups in total. The van der Waals surface area contributed by atoms with Crippen LogP contribution in [0.15, 0.2) is 0 Å². The molecule has 0 amide bonds. The minimum atomic E-state index is -0.961. The number of hydrogen-bond donors (Lipinski definition) is 1. The van der Waals surface area contributed by atoms with Crippen molar-refractivity contribution in [3.05, 3.63) is 0 Å². The van der Waals surface area contributed by atoms with Gasteiger partial charge >= 0.3 is 0 Å². The lowest BCUT2D eigenvalue weighted by molar-refractivity contribution is -0.111. The van der Waals surface area contributed by atoms with E-state index in [-0.39, 0.29) is 5.41 Å². The van der Waals surface area contributed by atoms with Gasteiger partial charge in [-0.05, 0) is 50.5 Å². The van der Waals surface area contributed by atoms with Crippen molar-refractivity contribution in [3.63, 3.8) is 0 Å². The predicted octanol–water partition coefficient (Wildman–Crippen LogP) is 1.88. The zero-order chi connectivity index (χ0) is 10.2. The molecule has 0 aromatic rings. The maximum Gasteiger partial charge on any atom is 0.109 e. The summed E-state index contributed by atoms with van der Waals surface area (Å²) in [5.41, 5.74) is 4.94. The summed E-state index contributed by atoms with van der Waals surface area (Å²) in [5.74, 6) is 0.588. The maximum atomic E-state index is 13.6. The van der Waals surface area contributed by atoms with E-state index in [2.05, 4.69) is 0 Å². The molecule has 2 fully saturated rings. The highest BCUT2D eigenvalue weighted by Gasteiger charge is 2.55. The highest BCUT2D eigenvalue weighted by molar-refractivity contribution is 5.06. The lowest BCUT2D eigenvalue weighted by atomic mass is 9.53. The maximum absolute atomic E-state index is 13.6. The van der Waals surface area contributed by atoms with Crippen molar-refractivity contribution >= 4 is 0 Å². The van der Waals surface area contributed by atoms with Gasteiger partial charge in [0.15, 0.2) is 0 Å². The van der Waals surface area contributed by atoms with E-state index < -0.39 is 5.67 Å². The molecule has 14 heavy (non-hydrogen) atoms. The monoisotopic (exact) mass is 201 g/mol. The van der Waals surface area contributed by atoms with E-state index in [1.54, 1.807) is 6.92 Å². The highest BCUT2D eigenvalue weighted by Crippen LogP contribution is 2.56. The first-order valence-corrected chi connectivity index (χ1v) is 5.55. The number of nitrogens with two attached hydrogens (primary N) is 1. The van der Waals surface area contributed by atoms with Crippen LogP contribution in [0, 0.1) is 11.3 Å². The molecule has 1 saturated heterocycles. The second kappa shape index (κ2) is 3.46. The second-order valence-electron chi connectivity index (χ2n) is 5.22. The Bertz CT molecular complexity index is 203. The molecule has 1 heterocycles. The molecule has 0 bridgehead atoms. The molecule has 2 aliphatic rings. The third-order valence-electron chi connectivity index (χ3n) is 3.94. The Morgan fingerprint density at radius 2 is 1.93 bits per heavy atom. The molecule has 1 saturated carbocycles. The number of ether oxygens (including phenoxy) is 1. The van der Waals surface area contributed by atoms with E-state index in [0.29, 0.717) is 25.3 Å². The van der Waals surface area contributed by atoms with Crippen LogP contribution in [0.5, 0.6) is 0 Å². The van der Waals surface area contributed by atoms with Gasteiger partial charge in [0.25, 0.3) is 0 Å². The molecule has 0 radical (unpaired) electrons. The molecule has 3 heteroatoms. The van der Waals surface area contributed by atoms with Crippen molar-refractivity contribution in [1.29, 1.82) is 0 Å². The summed E-state index contributed by atoms with van der Waals surface area (Å²) >= 11 is 0. The molecule has 0 aromatic heterocycles. The minimum absolute atomic E-state index is 0.0906. The first kappa shape index (κ1) is 10.4. The summed E-state index contributed by atoms with van der Waals surface area (Å²) in [6.45, 7) is 3.99. The van der Waals surface area contributed by atoms with E-state index in [1.807, 2.05) is 0 Å². The smallest absolute Gasteiger partial charge is 0.109 e. The minimum Gasteiger partial charge on any atom is -0.381 e. The molecule has 2 nitrogen and oxygen atoms in total. The average molecular weight is 201 g/mol. The average Bonchev–Trinajstić information content (AvgIpc) is 2.15. The normalized spacial score (nSPS) is 44.8. The van der Waals surface area contributed by atoms with Crippen LogP contribution in [0.2, 0.25) is 0 Å². The van der Waals surface area contributed by atoms with Gasteiger partial charge in [-0.2, -0.15) is 0 Å². The van der Waals surface area contributed by atoms with Crippen LogP contribution in [0.4, 0.5) is 4.39 Å². The molecular formula is C11H20FNO. The molecular weight excluding hydrogens is 181 g/mol. The zero-order valence-electron chi connectivity index (χ0n) is 8.89. The third-order valence-corrected chi connectivity index (χ3v) is 3.94. The molecule has 82 valence electrons. The molecule has 0 atom stereocenters. The highest BCUT2D eigenvalue weighted by atomic mass is 19.1. The van der Waals surface area contributed by atoms with Crippen molar-refractivity contribution in [3.8, 4) is 0 Å². The molecule has 0 unspecified atom stereocenters. The Morgan fingerprint density at radius 3 is 2.36 bits per heavy atom. The van der Waals surface area contributed by atoms with Gasteiger partial charge in [0.05, 0.1) is 0 Å². The zero-order valence-corrected chi connectivity index (χ0v) is 8.89. The van der Waals surface area contributed by atoms with Crippen molar-refractivity contribution in [1.82, 2.24) is 0 Å². The predicted molar refractivity (Wildman–Crippen MR) is 53.8 cm³/mol. The third kappa shape index (κ3) is 1.68. The van der Waals surface area contributed by atoms with Crippen LogP contribution >= 0.6 is 0 Å². The number of hydrogen-bond acceptors (Lipinski definition) is 2. The Labute approximate surface area is 85.0 Å². The van der Waals surface area contributed by atoms with Crippen LogP contribution in [0.25, 0.3) is 0 Å². The quantitative estimate of drug-likeness (QED) is 0.740. The van der Waals surface area contributed by atoms with Crippen LogP contribution in [0.3, 0.4) is 0 Å². The fraction of sp³-hybridized carbons (Fsp3) is 1.00. The summed E-state index contributed by atoms with van der Waals surface area (Å²) in [6, 6.07) is 0. The summed E-state index contributed by atoms with van der Waals surface area (Å²) < 4.78 is 18.9. The molecule has 0 aromatic carbocycles. The summed E-state index contributed by atoms with van der Waals surface area (Å²) in [5, 5.41) is 0. The van der Waals surface area contributed by atoms with Crippen LogP contribution in [-0.4, -0.2) is 25.4 Å². The van der Waals surface area contributed by atoms with E-state index >= 15 is 0 Å². The standard InChI is InChI=1S/C11H20FNO/c1-10(12)6-11(7-10,8-13)9-2-4-14-5-3-9/h9H,2-8,13H2,1H3.